The molecule has 6 rings (SSSR count). The van der Waals surface area contributed by atoms with Gasteiger partial charge in [-0.25, -0.2) is 8.78 Å². The molecule has 0 unspecified atom stereocenters. The summed E-state index contributed by atoms with van der Waals surface area (Å²) in [5.74, 6) is -1.31. The third-order valence-corrected chi connectivity index (χ3v) is 7.22. The number of benzene rings is 2. The number of oxime groups is 1. The Balaban J connectivity index is 1.55. The number of nitrogens with one attached hydrogen (secondary N) is 1. The van der Waals surface area contributed by atoms with Gasteiger partial charge in [0.05, 0.1) is 41.5 Å². The Labute approximate surface area is 217 Å². The van der Waals surface area contributed by atoms with Crippen LogP contribution in [0.4, 0.5) is 20.2 Å². The molecule has 4 heterocycles. The van der Waals surface area contributed by atoms with Gasteiger partial charge in [0.15, 0.2) is 0 Å². The fourth-order valence-electron chi connectivity index (χ4n) is 5.46. The number of nitrogens with zero attached hydrogens (tertiary/aromatic N) is 4. The van der Waals surface area contributed by atoms with E-state index in [-0.39, 0.29) is 12.1 Å². The van der Waals surface area contributed by atoms with Crippen molar-refractivity contribution in [2.75, 3.05) is 36.9 Å². The fraction of sp³-hybridized carbons (Fsp3) is 0.250. The molecule has 10 heteroatoms. The smallest absolute Gasteiger partial charge is 0.126 e. The van der Waals surface area contributed by atoms with E-state index in [0.29, 0.717) is 41.2 Å². The van der Waals surface area contributed by atoms with Crippen LogP contribution in [0.3, 0.4) is 0 Å². The zero-order chi connectivity index (χ0) is 26.2. The van der Waals surface area contributed by atoms with Gasteiger partial charge in [0, 0.05) is 66.2 Å². The number of aromatic nitrogens is 2. The number of morpholine rings is 1. The number of nitrogen functional groups attached to an aromatic ring is 1. The molecule has 2 fully saturated rings. The molecule has 0 aliphatic carbocycles. The minimum absolute atomic E-state index is 0.00671. The van der Waals surface area contributed by atoms with E-state index in [1.807, 2.05) is 18.2 Å². The maximum Gasteiger partial charge on any atom is 0.126 e. The number of pyridine rings is 2. The lowest BCUT2D eigenvalue weighted by atomic mass is 9.95. The number of fused-ring (bicyclic) bond motifs is 2. The van der Waals surface area contributed by atoms with Crippen molar-refractivity contribution < 1.29 is 18.7 Å². The first kappa shape index (κ1) is 24.2. The Kier molecular flexibility index (Phi) is 6.34. The summed E-state index contributed by atoms with van der Waals surface area (Å²) in [4.78, 5) is 11.3. The number of piperidine rings is 1. The van der Waals surface area contributed by atoms with Gasteiger partial charge in [-0.3, -0.25) is 9.97 Å². The highest BCUT2D eigenvalue weighted by Crippen LogP contribution is 2.40. The highest BCUT2D eigenvalue weighted by Gasteiger charge is 2.33. The highest BCUT2D eigenvalue weighted by atomic mass is 19.1. The average molecular weight is 517 g/mol. The van der Waals surface area contributed by atoms with E-state index >= 15 is 0 Å². The van der Waals surface area contributed by atoms with Gasteiger partial charge in [0.1, 0.15) is 11.6 Å². The Hall–Kier alpha value is -4.15. The molecule has 0 saturated carbocycles. The summed E-state index contributed by atoms with van der Waals surface area (Å²) in [5.41, 5.74) is 11.1. The van der Waals surface area contributed by atoms with Gasteiger partial charge < -0.3 is 25.9 Å². The number of anilines is 2. The molecule has 4 N–H and O–H groups in total. The number of ether oxygens (including phenoxy) is 1. The van der Waals surface area contributed by atoms with E-state index in [4.69, 9.17) is 15.7 Å². The number of hydrogen-bond donors (Lipinski definition) is 3. The zero-order valence-corrected chi connectivity index (χ0v) is 20.4. The summed E-state index contributed by atoms with van der Waals surface area (Å²) in [5, 5.41) is 16.4. The Bertz CT molecular complexity index is 1530. The summed E-state index contributed by atoms with van der Waals surface area (Å²) in [7, 11) is 0. The molecule has 0 amide bonds. The third-order valence-electron chi connectivity index (χ3n) is 7.22. The molecule has 0 radical (unpaired) electrons. The molecular weight excluding hydrogens is 490 g/mol. The monoisotopic (exact) mass is 516 g/mol. The lowest BCUT2D eigenvalue weighted by Crippen LogP contribution is -2.57. The van der Waals surface area contributed by atoms with Crippen LogP contribution in [0.5, 0.6) is 0 Å². The second kappa shape index (κ2) is 9.96. The van der Waals surface area contributed by atoms with Crippen molar-refractivity contribution in [3.63, 3.8) is 0 Å². The van der Waals surface area contributed by atoms with Gasteiger partial charge in [-0.15, -0.1) is 0 Å². The van der Waals surface area contributed by atoms with Crippen molar-refractivity contribution in [3.05, 3.63) is 72.1 Å². The molecule has 0 spiro atoms. The fourth-order valence-corrected chi connectivity index (χ4v) is 5.46. The van der Waals surface area contributed by atoms with Crippen LogP contribution in [-0.2, 0) is 4.74 Å². The average Bonchev–Trinajstić information content (AvgIpc) is 2.92. The second-order valence-electron chi connectivity index (χ2n) is 9.52. The SMILES string of the molecule is Nc1c(/C=N/O)ccnc1-c1ccc2ncc(-c3cc(F)cc(F)c3)c(N3CC[C@@H]4NCCO[C@H]4C3)c2c1. The normalized spacial score (nSPS) is 19.7. The molecule has 2 aliphatic rings. The van der Waals surface area contributed by atoms with Crippen molar-refractivity contribution >= 4 is 28.5 Å². The summed E-state index contributed by atoms with van der Waals surface area (Å²) in [6.07, 6.45) is 5.38. The zero-order valence-electron chi connectivity index (χ0n) is 20.4. The van der Waals surface area contributed by atoms with Gasteiger partial charge >= 0.3 is 0 Å². The molecule has 2 saturated heterocycles. The molecule has 8 nitrogen and oxygen atoms in total. The maximum absolute atomic E-state index is 14.3. The maximum atomic E-state index is 14.3. The van der Waals surface area contributed by atoms with Crippen LogP contribution in [0, 0.1) is 11.6 Å². The van der Waals surface area contributed by atoms with Crippen LogP contribution in [-0.4, -0.2) is 59.8 Å². The molecule has 2 aromatic carbocycles. The third kappa shape index (κ3) is 4.42. The quantitative estimate of drug-likeness (QED) is 0.212. The van der Waals surface area contributed by atoms with E-state index < -0.39 is 11.6 Å². The Morgan fingerprint density at radius 1 is 1.11 bits per heavy atom. The Morgan fingerprint density at radius 3 is 2.76 bits per heavy atom. The lowest BCUT2D eigenvalue weighted by molar-refractivity contribution is -0.00896. The van der Waals surface area contributed by atoms with Crippen LogP contribution in [0.2, 0.25) is 0 Å². The van der Waals surface area contributed by atoms with Crippen molar-refractivity contribution in [1.82, 2.24) is 15.3 Å². The Morgan fingerprint density at radius 2 is 1.95 bits per heavy atom. The van der Waals surface area contributed by atoms with Crippen LogP contribution >= 0.6 is 0 Å². The number of nitrogens with two attached hydrogens (primary N) is 1. The number of hydrogen-bond acceptors (Lipinski definition) is 8. The molecule has 2 aliphatic heterocycles. The number of halogens is 2. The molecule has 2 atom stereocenters. The topological polar surface area (TPSA) is 109 Å². The highest BCUT2D eigenvalue weighted by molar-refractivity contribution is 6.02. The van der Waals surface area contributed by atoms with Crippen LogP contribution in [0.15, 0.2) is 60.0 Å². The van der Waals surface area contributed by atoms with Gasteiger partial charge in [-0.05, 0) is 42.3 Å². The predicted octanol–water partition coefficient (Wildman–Crippen LogP) is 4.20. The number of rotatable bonds is 4. The first-order valence-electron chi connectivity index (χ1n) is 12.4. The standard InChI is InChI=1S/C28H26F2N6O2/c29-19-9-18(10-20(30)12-19)22-14-34-23-2-1-16(27-26(31)17(13-35-37)3-5-33-27)11-21(23)28(22)36-7-4-24-25(15-36)38-8-6-32-24/h1-3,5,9-14,24-25,32,37H,4,6-8,15,31H2/b35-13+/t24-,25-/m0/s1. The largest absolute Gasteiger partial charge is 0.411 e. The van der Waals surface area contributed by atoms with E-state index in [1.54, 1.807) is 18.5 Å². The molecule has 2 aromatic heterocycles. The summed E-state index contributed by atoms with van der Waals surface area (Å²) in [6, 6.07) is 11.1. The molecule has 38 heavy (non-hydrogen) atoms. The molecule has 194 valence electrons. The van der Waals surface area contributed by atoms with Gasteiger partial charge in [0.25, 0.3) is 0 Å². The first-order valence-corrected chi connectivity index (χ1v) is 12.4. The minimum Gasteiger partial charge on any atom is -0.411 e. The second-order valence-corrected chi connectivity index (χ2v) is 9.52. The van der Waals surface area contributed by atoms with E-state index in [1.165, 1.54) is 18.3 Å². The lowest BCUT2D eigenvalue weighted by Gasteiger charge is -2.43. The summed E-state index contributed by atoms with van der Waals surface area (Å²) >= 11 is 0. The summed E-state index contributed by atoms with van der Waals surface area (Å²) in [6.45, 7) is 2.81. The van der Waals surface area contributed by atoms with Crippen molar-refractivity contribution in [3.8, 4) is 22.4 Å². The van der Waals surface area contributed by atoms with Gasteiger partial charge in [-0.1, -0.05) is 11.2 Å². The summed E-state index contributed by atoms with van der Waals surface area (Å²) < 4.78 is 34.7. The molecule has 0 bridgehead atoms. The molecule has 4 aromatic rings. The van der Waals surface area contributed by atoms with E-state index in [0.717, 1.165) is 47.7 Å². The van der Waals surface area contributed by atoms with Gasteiger partial charge in [-0.2, -0.15) is 0 Å². The van der Waals surface area contributed by atoms with Crippen molar-refractivity contribution in [2.24, 2.45) is 5.16 Å². The van der Waals surface area contributed by atoms with Crippen LogP contribution in [0.1, 0.15) is 12.0 Å². The van der Waals surface area contributed by atoms with Crippen molar-refractivity contribution in [1.29, 1.82) is 0 Å². The van der Waals surface area contributed by atoms with Crippen LogP contribution < -0.4 is 16.0 Å². The van der Waals surface area contributed by atoms with Crippen molar-refractivity contribution in [2.45, 2.75) is 18.6 Å². The predicted molar refractivity (Wildman–Crippen MR) is 142 cm³/mol. The van der Waals surface area contributed by atoms with Gasteiger partial charge in [0.2, 0.25) is 0 Å². The minimum atomic E-state index is -0.655. The van der Waals surface area contributed by atoms with E-state index in [2.05, 4.69) is 25.3 Å². The van der Waals surface area contributed by atoms with Crippen LogP contribution in [0.25, 0.3) is 33.3 Å². The van der Waals surface area contributed by atoms with E-state index in [9.17, 15) is 8.78 Å². The molecular formula is C28H26F2N6O2. The first-order chi connectivity index (χ1) is 18.5.